The van der Waals surface area contributed by atoms with Gasteiger partial charge in [0.2, 0.25) is 0 Å². The van der Waals surface area contributed by atoms with Crippen LogP contribution in [0.15, 0.2) is 18.2 Å². The summed E-state index contributed by atoms with van der Waals surface area (Å²) >= 11 is 0. The molecule has 0 spiro atoms. The zero-order valence-electron chi connectivity index (χ0n) is 12.1. The monoisotopic (exact) mass is 262 g/mol. The lowest BCUT2D eigenvalue weighted by atomic mass is 10.2. The van der Waals surface area contributed by atoms with E-state index in [2.05, 4.69) is 32.2 Å². The van der Waals surface area contributed by atoms with Gasteiger partial charge in [-0.25, -0.2) is 0 Å². The summed E-state index contributed by atoms with van der Waals surface area (Å²) < 4.78 is 10.9. The molecular weight excluding hydrogens is 240 g/mol. The van der Waals surface area contributed by atoms with Crippen molar-refractivity contribution in [1.82, 2.24) is 5.32 Å². The van der Waals surface area contributed by atoms with Crippen molar-refractivity contribution >= 4 is 0 Å². The predicted octanol–water partition coefficient (Wildman–Crippen LogP) is 2.58. The lowest BCUT2D eigenvalue weighted by molar-refractivity contribution is 0.252. The van der Waals surface area contributed by atoms with Crippen molar-refractivity contribution in [3.63, 3.8) is 0 Å². The highest BCUT2D eigenvalue weighted by molar-refractivity contribution is 5.43. The topological polar surface area (TPSA) is 54.3 Å². The molecule has 0 saturated carbocycles. The number of nitrogens with zero attached hydrogens (tertiary/aromatic N) is 1. The highest BCUT2D eigenvalue weighted by Gasteiger charge is 2.06. The minimum absolute atomic E-state index is 0.402. The highest BCUT2D eigenvalue weighted by atomic mass is 16.5. The fourth-order valence-corrected chi connectivity index (χ4v) is 1.57. The first-order valence-electron chi connectivity index (χ1n) is 6.50. The standard InChI is InChI=1S/C15H22N2O2/c1-11(2)17-9-12(3)10-19-15-6-13(8-16)5-14(7-15)18-4/h5-7,11-12,17H,9-10H2,1-4H3. The molecule has 0 amide bonds. The minimum atomic E-state index is 0.402. The molecular formula is C15H22N2O2. The molecule has 1 atom stereocenters. The van der Waals surface area contributed by atoms with Gasteiger partial charge < -0.3 is 14.8 Å². The van der Waals surface area contributed by atoms with E-state index in [0.717, 1.165) is 6.54 Å². The van der Waals surface area contributed by atoms with Gasteiger partial charge in [-0.15, -0.1) is 0 Å². The summed E-state index contributed by atoms with van der Waals surface area (Å²) in [5.74, 6) is 1.72. The van der Waals surface area contributed by atoms with E-state index in [9.17, 15) is 0 Å². The Hall–Kier alpha value is -1.73. The summed E-state index contributed by atoms with van der Waals surface area (Å²) in [5.41, 5.74) is 0.544. The second-order valence-corrected chi connectivity index (χ2v) is 4.99. The van der Waals surface area contributed by atoms with E-state index >= 15 is 0 Å². The van der Waals surface area contributed by atoms with Crippen molar-refractivity contribution in [3.05, 3.63) is 23.8 Å². The lowest BCUT2D eigenvalue weighted by Crippen LogP contribution is -2.30. The third-order valence-corrected chi connectivity index (χ3v) is 2.65. The van der Waals surface area contributed by atoms with E-state index in [0.29, 0.717) is 35.6 Å². The zero-order valence-corrected chi connectivity index (χ0v) is 12.1. The molecule has 1 N–H and O–H groups in total. The zero-order chi connectivity index (χ0) is 14.3. The summed E-state index contributed by atoms with van der Waals surface area (Å²) in [7, 11) is 1.58. The van der Waals surface area contributed by atoms with E-state index in [1.54, 1.807) is 25.3 Å². The van der Waals surface area contributed by atoms with Crippen LogP contribution >= 0.6 is 0 Å². The van der Waals surface area contributed by atoms with Crippen molar-refractivity contribution in [2.24, 2.45) is 5.92 Å². The van der Waals surface area contributed by atoms with Gasteiger partial charge >= 0.3 is 0 Å². The molecule has 4 nitrogen and oxygen atoms in total. The highest BCUT2D eigenvalue weighted by Crippen LogP contribution is 2.22. The number of benzene rings is 1. The molecule has 0 radical (unpaired) electrons. The summed E-state index contributed by atoms with van der Waals surface area (Å²) in [5, 5.41) is 12.3. The molecule has 0 aliphatic heterocycles. The molecule has 0 heterocycles. The van der Waals surface area contributed by atoms with Crippen LogP contribution in [-0.4, -0.2) is 26.3 Å². The maximum absolute atomic E-state index is 8.93. The van der Waals surface area contributed by atoms with Crippen LogP contribution in [0, 0.1) is 17.2 Å². The van der Waals surface area contributed by atoms with Gasteiger partial charge in [-0.2, -0.15) is 5.26 Å². The van der Waals surface area contributed by atoms with Crippen LogP contribution in [0.1, 0.15) is 26.3 Å². The average Bonchev–Trinajstić information content (AvgIpc) is 2.42. The normalized spacial score (nSPS) is 12.0. The van der Waals surface area contributed by atoms with Gasteiger partial charge in [-0.1, -0.05) is 20.8 Å². The van der Waals surface area contributed by atoms with E-state index in [1.165, 1.54) is 0 Å². The number of rotatable bonds is 7. The van der Waals surface area contributed by atoms with Gasteiger partial charge in [0.1, 0.15) is 11.5 Å². The maximum Gasteiger partial charge on any atom is 0.124 e. The largest absolute Gasteiger partial charge is 0.497 e. The van der Waals surface area contributed by atoms with E-state index in [4.69, 9.17) is 14.7 Å². The smallest absolute Gasteiger partial charge is 0.124 e. The second kappa shape index (κ2) is 7.65. The van der Waals surface area contributed by atoms with Crippen LogP contribution in [0.25, 0.3) is 0 Å². The molecule has 1 aromatic rings. The Bertz CT molecular complexity index is 438. The average molecular weight is 262 g/mol. The summed E-state index contributed by atoms with van der Waals surface area (Å²) in [4.78, 5) is 0. The third-order valence-electron chi connectivity index (χ3n) is 2.65. The van der Waals surface area contributed by atoms with Gasteiger partial charge in [0.05, 0.1) is 25.3 Å². The van der Waals surface area contributed by atoms with E-state index < -0.39 is 0 Å². The van der Waals surface area contributed by atoms with Crippen molar-refractivity contribution in [1.29, 1.82) is 5.26 Å². The molecule has 1 unspecified atom stereocenters. The lowest BCUT2D eigenvalue weighted by Gasteiger charge is -2.16. The summed E-state index contributed by atoms with van der Waals surface area (Å²) in [6, 6.07) is 7.79. The Morgan fingerprint density at radius 2 is 1.89 bits per heavy atom. The van der Waals surface area contributed by atoms with Crippen LogP contribution in [0.2, 0.25) is 0 Å². The van der Waals surface area contributed by atoms with E-state index in [-0.39, 0.29) is 0 Å². The van der Waals surface area contributed by atoms with Crippen LogP contribution in [0.3, 0.4) is 0 Å². The quantitative estimate of drug-likeness (QED) is 0.820. The number of nitrogens with one attached hydrogen (secondary N) is 1. The van der Waals surface area contributed by atoms with Crippen molar-refractivity contribution < 1.29 is 9.47 Å². The number of methoxy groups -OCH3 is 1. The van der Waals surface area contributed by atoms with Gasteiger partial charge in [-0.3, -0.25) is 0 Å². The Balaban J connectivity index is 2.55. The maximum atomic E-state index is 8.93. The second-order valence-electron chi connectivity index (χ2n) is 4.99. The molecule has 1 rings (SSSR count). The van der Waals surface area contributed by atoms with Crippen LogP contribution in [0.4, 0.5) is 0 Å². The van der Waals surface area contributed by atoms with Crippen molar-refractivity contribution in [2.45, 2.75) is 26.8 Å². The molecule has 0 aliphatic rings. The number of hydrogen-bond donors (Lipinski definition) is 1. The first-order valence-corrected chi connectivity index (χ1v) is 6.50. The minimum Gasteiger partial charge on any atom is -0.497 e. The van der Waals surface area contributed by atoms with Gasteiger partial charge in [0.25, 0.3) is 0 Å². The molecule has 0 bridgehead atoms. The summed E-state index contributed by atoms with van der Waals surface area (Å²) in [6.45, 7) is 7.88. The Kier molecular flexibility index (Phi) is 6.17. The van der Waals surface area contributed by atoms with Gasteiger partial charge in [0.15, 0.2) is 0 Å². The number of ether oxygens (including phenoxy) is 2. The molecule has 0 saturated heterocycles. The fraction of sp³-hybridized carbons (Fsp3) is 0.533. The van der Waals surface area contributed by atoms with Crippen LogP contribution in [-0.2, 0) is 0 Å². The van der Waals surface area contributed by atoms with Gasteiger partial charge in [-0.05, 0) is 12.1 Å². The molecule has 4 heteroatoms. The fourth-order valence-electron chi connectivity index (χ4n) is 1.57. The molecule has 104 valence electrons. The van der Waals surface area contributed by atoms with Crippen LogP contribution < -0.4 is 14.8 Å². The van der Waals surface area contributed by atoms with E-state index in [1.807, 2.05) is 0 Å². The van der Waals surface area contributed by atoms with Gasteiger partial charge in [0, 0.05) is 24.6 Å². The Labute approximate surface area is 115 Å². The summed E-state index contributed by atoms with van der Waals surface area (Å²) in [6.07, 6.45) is 0. The number of hydrogen-bond acceptors (Lipinski definition) is 4. The molecule has 1 aromatic carbocycles. The first-order chi connectivity index (χ1) is 9.05. The molecule has 19 heavy (non-hydrogen) atoms. The van der Waals surface area contributed by atoms with Crippen molar-refractivity contribution in [3.8, 4) is 17.6 Å². The molecule has 0 fully saturated rings. The first kappa shape index (κ1) is 15.3. The van der Waals surface area contributed by atoms with Crippen molar-refractivity contribution in [2.75, 3.05) is 20.3 Å². The molecule has 0 aliphatic carbocycles. The Morgan fingerprint density at radius 3 is 2.47 bits per heavy atom. The Morgan fingerprint density at radius 1 is 1.21 bits per heavy atom. The molecule has 0 aromatic heterocycles. The number of nitriles is 1. The third kappa shape index (κ3) is 5.62. The van der Waals surface area contributed by atoms with Crippen LogP contribution in [0.5, 0.6) is 11.5 Å². The predicted molar refractivity (Wildman–Crippen MR) is 75.5 cm³/mol. The SMILES string of the molecule is COc1cc(C#N)cc(OCC(C)CNC(C)C)c1.